The normalized spacial score (nSPS) is 30.2. The number of nitrogens with two attached hydrogens (primary N) is 1. The Bertz CT molecular complexity index is 409. The molecule has 3 atom stereocenters. The molecule has 100 valence electrons. The van der Waals surface area contributed by atoms with Crippen molar-refractivity contribution in [3.05, 3.63) is 35.4 Å². The Hall–Kier alpha value is -0.960. The first-order chi connectivity index (χ1) is 8.49. The van der Waals surface area contributed by atoms with Crippen molar-refractivity contribution < 1.29 is 8.78 Å². The van der Waals surface area contributed by atoms with Crippen molar-refractivity contribution in [2.45, 2.75) is 39.2 Å². The minimum atomic E-state index is -0.806. The van der Waals surface area contributed by atoms with E-state index in [2.05, 4.69) is 13.8 Å². The van der Waals surface area contributed by atoms with Crippen LogP contribution in [0, 0.1) is 29.4 Å². The zero-order chi connectivity index (χ0) is 13.3. The highest BCUT2D eigenvalue weighted by Gasteiger charge is 2.30. The Morgan fingerprint density at radius 2 is 1.72 bits per heavy atom. The maximum Gasteiger partial charge on any atom is 0.163 e. The molecular formula is C15H21F2N. The van der Waals surface area contributed by atoms with E-state index in [1.54, 1.807) is 6.07 Å². The zero-order valence-corrected chi connectivity index (χ0v) is 11.0. The second-order valence-corrected chi connectivity index (χ2v) is 5.85. The first kappa shape index (κ1) is 13.5. The molecule has 1 saturated carbocycles. The van der Waals surface area contributed by atoms with E-state index < -0.39 is 17.7 Å². The molecule has 0 saturated heterocycles. The van der Waals surface area contributed by atoms with E-state index in [9.17, 15) is 8.78 Å². The molecule has 2 rings (SSSR count). The van der Waals surface area contributed by atoms with Crippen molar-refractivity contribution in [3.8, 4) is 0 Å². The molecule has 3 unspecified atom stereocenters. The minimum absolute atomic E-state index is 0.250. The summed E-state index contributed by atoms with van der Waals surface area (Å²) >= 11 is 0. The molecule has 1 nitrogen and oxygen atoms in total. The third-order valence-corrected chi connectivity index (χ3v) is 4.06. The molecule has 0 aromatic heterocycles. The molecule has 0 bridgehead atoms. The third kappa shape index (κ3) is 2.72. The van der Waals surface area contributed by atoms with Gasteiger partial charge in [-0.3, -0.25) is 0 Å². The largest absolute Gasteiger partial charge is 0.324 e. The van der Waals surface area contributed by atoms with E-state index in [4.69, 9.17) is 5.73 Å². The molecule has 0 amide bonds. The van der Waals surface area contributed by atoms with Crippen molar-refractivity contribution in [2.75, 3.05) is 0 Å². The van der Waals surface area contributed by atoms with Gasteiger partial charge in [0.05, 0.1) is 0 Å². The highest BCUT2D eigenvalue weighted by atomic mass is 19.2. The summed E-state index contributed by atoms with van der Waals surface area (Å²) in [4.78, 5) is 0. The van der Waals surface area contributed by atoms with Gasteiger partial charge in [0.1, 0.15) is 0 Å². The molecule has 1 aromatic carbocycles. The van der Waals surface area contributed by atoms with Gasteiger partial charge in [-0.1, -0.05) is 26.0 Å². The van der Waals surface area contributed by atoms with Crippen LogP contribution in [0.25, 0.3) is 0 Å². The molecule has 1 aromatic rings. The van der Waals surface area contributed by atoms with Gasteiger partial charge in [-0.15, -0.1) is 0 Å². The summed E-state index contributed by atoms with van der Waals surface area (Å²) in [5, 5.41) is 0. The van der Waals surface area contributed by atoms with Crippen molar-refractivity contribution in [3.63, 3.8) is 0 Å². The van der Waals surface area contributed by atoms with Crippen LogP contribution < -0.4 is 5.73 Å². The van der Waals surface area contributed by atoms with E-state index >= 15 is 0 Å². The second-order valence-electron chi connectivity index (χ2n) is 5.85. The number of rotatable bonds is 2. The predicted octanol–water partition coefficient (Wildman–Crippen LogP) is 4.04. The molecule has 0 aliphatic heterocycles. The first-order valence-corrected chi connectivity index (χ1v) is 6.68. The van der Waals surface area contributed by atoms with Crippen LogP contribution in [0.5, 0.6) is 0 Å². The second kappa shape index (κ2) is 5.35. The monoisotopic (exact) mass is 253 g/mol. The average Bonchev–Trinajstić information content (AvgIpc) is 2.30. The summed E-state index contributed by atoms with van der Waals surface area (Å²) < 4.78 is 27.0. The molecule has 0 heterocycles. The van der Waals surface area contributed by atoms with Gasteiger partial charge in [-0.25, -0.2) is 8.78 Å². The molecule has 0 spiro atoms. The smallest absolute Gasteiger partial charge is 0.163 e. The van der Waals surface area contributed by atoms with Crippen LogP contribution in [0.3, 0.4) is 0 Å². The van der Waals surface area contributed by atoms with Crippen LogP contribution in [-0.4, -0.2) is 0 Å². The fourth-order valence-corrected chi connectivity index (χ4v) is 3.33. The fraction of sp³-hybridized carbons (Fsp3) is 0.600. The van der Waals surface area contributed by atoms with Gasteiger partial charge in [0, 0.05) is 11.6 Å². The van der Waals surface area contributed by atoms with Crippen LogP contribution in [0.15, 0.2) is 18.2 Å². The highest BCUT2D eigenvalue weighted by molar-refractivity contribution is 5.23. The number of halogens is 2. The maximum absolute atomic E-state index is 13.7. The predicted molar refractivity (Wildman–Crippen MR) is 69.0 cm³/mol. The Balaban J connectivity index is 2.20. The Labute approximate surface area is 107 Å². The van der Waals surface area contributed by atoms with E-state index in [0.717, 1.165) is 18.9 Å². The van der Waals surface area contributed by atoms with Gasteiger partial charge in [0.2, 0.25) is 0 Å². The Kier molecular flexibility index (Phi) is 4.00. The van der Waals surface area contributed by atoms with Crippen LogP contribution in [0.4, 0.5) is 8.78 Å². The number of hydrogen-bond acceptors (Lipinski definition) is 1. The Morgan fingerprint density at radius 3 is 2.33 bits per heavy atom. The van der Waals surface area contributed by atoms with Crippen LogP contribution in [0.1, 0.15) is 44.7 Å². The highest BCUT2D eigenvalue weighted by Crippen LogP contribution is 2.39. The lowest BCUT2D eigenvalue weighted by Crippen LogP contribution is -2.30. The van der Waals surface area contributed by atoms with Crippen molar-refractivity contribution in [1.29, 1.82) is 0 Å². The SMILES string of the molecule is CC1CC(C)CC(C(N)c2cccc(F)c2F)C1. The minimum Gasteiger partial charge on any atom is -0.324 e. The number of hydrogen-bond donors (Lipinski definition) is 1. The summed E-state index contributed by atoms with van der Waals surface area (Å²) in [6.07, 6.45) is 3.21. The first-order valence-electron chi connectivity index (χ1n) is 6.68. The molecule has 1 fully saturated rings. The molecule has 2 N–H and O–H groups in total. The van der Waals surface area contributed by atoms with Gasteiger partial charge in [-0.2, -0.15) is 0 Å². The fourth-order valence-electron chi connectivity index (χ4n) is 3.33. The van der Waals surface area contributed by atoms with E-state index in [1.807, 2.05) is 0 Å². The van der Waals surface area contributed by atoms with Crippen molar-refractivity contribution in [1.82, 2.24) is 0 Å². The van der Waals surface area contributed by atoms with Gasteiger partial charge >= 0.3 is 0 Å². The molecular weight excluding hydrogens is 232 g/mol. The summed E-state index contributed by atoms with van der Waals surface area (Å²) in [6, 6.07) is 3.87. The summed E-state index contributed by atoms with van der Waals surface area (Å²) in [5.74, 6) is -0.112. The van der Waals surface area contributed by atoms with E-state index in [0.29, 0.717) is 17.4 Å². The van der Waals surface area contributed by atoms with Crippen molar-refractivity contribution in [2.24, 2.45) is 23.5 Å². The zero-order valence-electron chi connectivity index (χ0n) is 11.0. The van der Waals surface area contributed by atoms with E-state index in [-0.39, 0.29) is 5.92 Å². The summed E-state index contributed by atoms with van der Waals surface area (Å²) in [7, 11) is 0. The molecule has 18 heavy (non-hydrogen) atoms. The molecule has 3 heteroatoms. The lowest BCUT2D eigenvalue weighted by molar-refractivity contribution is 0.191. The van der Waals surface area contributed by atoms with Crippen molar-refractivity contribution >= 4 is 0 Å². The quantitative estimate of drug-likeness (QED) is 0.845. The van der Waals surface area contributed by atoms with E-state index in [1.165, 1.54) is 12.5 Å². The average molecular weight is 253 g/mol. The topological polar surface area (TPSA) is 26.0 Å². The van der Waals surface area contributed by atoms with Gasteiger partial charge in [0.15, 0.2) is 11.6 Å². The van der Waals surface area contributed by atoms with Crippen LogP contribution in [-0.2, 0) is 0 Å². The van der Waals surface area contributed by atoms with Crippen LogP contribution in [0.2, 0.25) is 0 Å². The third-order valence-electron chi connectivity index (χ3n) is 4.06. The molecule has 1 aliphatic rings. The van der Waals surface area contributed by atoms with Gasteiger partial charge in [0.25, 0.3) is 0 Å². The lowest BCUT2D eigenvalue weighted by atomic mass is 9.72. The molecule has 0 radical (unpaired) electrons. The van der Waals surface area contributed by atoms with Crippen LogP contribution >= 0.6 is 0 Å². The molecule has 1 aliphatic carbocycles. The summed E-state index contributed by atoms with van der Waals surface area (Å²) in [6.45, 7) is 4.41. The lowest BCUT2D eigenvalue weighted by Gasteiger charge is -2.35. The standard InChI is InChI=1S/C15H21F2N/c1-9-6-10(2)8-11(7-9)15(18)12-4-3-5-13(16)14(12)17/h3-5,9-11,15H,6-8,18H2,1-2H3. The van der Waals surface area contributed by atoms with Gasteiger partial charge < -0.3 is 5.73 Å². The van der Waals surface area contributed by atoms with Gasteiger partial charge in [-0.05, 0) is 43.1 Å². The number of benzene rings is 1. The Morgan fingerprint density at radius 1 is 1.11 bits per heavy atom. The maximum atomic E-state index is 13.7. The summed E-state index contributed by atoms with van der Waals surface area (Å²) in [5.41, 5.74) is 6.48.